The van der Waals surface area contributed by atoms with Crippen molar-refractivity contribution in [2.75, 3.05) is 0 Å². The smallest absolute Gasteiger partial charge is 0.503 e. The van der Waals surface area contributed by atoms with Gasteiger partial charge >= 0.3 is 42.1 Å². The van der Waals surface area contributed by atoms with E-state index in [9.17, 15) is 0 Å². The summed E-state index contributed by atoms with van der Waals surface area (Å²) in [6.45, 7) is 4.46. The first-order valence-corrected chi connectivity index (χ1v) is 18.1. The number of benzene rings is 5. The van der Waals surface area contributed by atoms with Gasteiger partial charge in [-0.25, -0.2) is 9.97 Å². The minimum absolute atomic E-state index is 0. The second kappa shape index (κ2) is 17.6. The molecule has 5 aromatic carbocycles. The topological polar surface area (TPSA) is 75.0 Å². The van der Waals surface area contributed by atoms with E-state index in [1.165, 1.54) is 5.56 Å². The van der Waals surface area contributed by atoms with Gasteiger partial charge in [-0.05, 0) is 47.0 Å². The van der Waals surface area contributed by atoms with Crippen molar-refractivity contribution in [3.8, 4) is 62.6 Å². The molecule has 9 heteroatoms. The zero-order valence-corrected chi connectivity index (χ0v) is 35.4. The van der Waals surface area contributed by atoms with Crippen LogP contribution < -0.4 is 9.47 Å². The van der Waals surface area contributed by atoms with Gasteiger partial charge in [0.1, 0.15) is 0 Å². The maximum atomic E-state index is 6.36. The maximum Gasteiger partial charge on any atom is 2.00 e. The van der Waals surface area contributed by atoms with Crippen LogP contribution in [0.2, 0.25) is 0 Å². The van der Waals surface area contributed by atoms with Gasteiger partial charge < -0.3 is 24.0 Å². The maximum absolute atomic E-state index is 6.36. The van der Waals surface area contributed by atoms with E-state index in [4.69, 9.17) is 19.4 Å². The Morgan fingerprint density at radius 3 is 1.49 bits per heavy atom. The van der Waals surface area contributed by atoms with Crippen molar-refractivity contribution >= 4 is 21.8 Å². The van der Waals surface area contributed by atoms with Crippen LogP contribution in [-0.4, -0.2) is 24.5 Å². The summed E-state index contributed by atoms with van der Waals surface area (Å²) in [6, 6.07) is 53.3. The predicted molar refractivity (Wildman–Crippen MR) is 215 cm³/mol. The average molecular weight is 1100 g/mol. The summed E-state index contributed by atoms with van der Waals surface area (Å²) in [5.74, 6) is 3.19. The Morgan fingerprint density at radius 1 is 0.509 bits per heavy atom. The van der Waals surface area contributed by atoms with Crippen LogP contribution in [0.25, 0.3) is 61.4 Å². The molecular weight excluding hydrogens is 1070 g/mol. The minimum atomic E-state index is 0. The Balaban J connectivity index is 0.00000248. The standard InChI is InChI=1S/C48H33N5O2.2Pt/c1-32(2)25-33-15-17-34(18-16-33)37-30-51-48(52-31-37)53-46-28-40(54-38-11-7-9-35(26-38)44-13-3-5-23-49-44)19-21-42(46)43-22-20-41(29-47(43)53)55-39-12-8-10-36(27-39)45-14-4-6-24-50-45;;/h3-24,30-32H,25H2,1-2H3;;/q-4;2*+2. The Labute approximate surface area is 360 Å². The fraction of sp³-hybridized carbons (Fsp3) is 0.0833. The summed E-state index contributed by atoms with van der Waals surface area (Å²) in [5, 5.41) is 1.88. The van der Waals surface area contributed by atoms with Crippen LogP contribution >= 0.6 is 0 Å². The van der Waals surface area contributed by atoms with Crippen LogP contribution in [0, 0.1) is 30.2 Å². The summed E-state index contributed by atoms with van der Waals surface area (Å²) in [6.07, 6.45) is 8.28. The van der Waals surface area contributed by atoms with Gasteiger partial charge in [-0.1, -0.05) is 85.5 Å². The van der Waals surface area contributed by atoms with E-state index < -0.39 is 0 Å². The van der Waals surface area contributed by atoms with Gasteiger partial charge in [-0.3, -0.25) is 0 Å². The van der Waals surface area contributed by atoms with Gasteiger partial charge in [0.25, 0.3) is 0 Å². The van der Waals surface area contributed by atoms with Crippen molar-refractivity contribution in [1.82, 2.24) is 24.5 Å². The number of pyridine rings is 2. The molecule has 0 bridgehead atoms. The molecule has 0 N–H and O–H groups in total. The van der Waals surface area contributed by atoms with Crippen LogP contribution in [0.4, 0.5) is 0 Å². The number of hydrogen-bond acceptors (Lipinski definition) is 6. The van der Waals surface area contributed by atoms with Crippen LogP contribution in [-0.2, 0) is 48.6 Å². The first kappa shape index (κ1) is 39.5. The third kappa shape index (κ3) is 8.66. The fourth-order valence-electron chi connectivity index (χ4n) is 6.63. The van der Waals surface area contributed by atoms with Crippen LogP contribution in [0.1, 0.15) is 19.4 Å². The molecule has 0 amide bonds. The number of hydrogen-bond donors (Lipinski definition) is 0. The van der Waals surface area contributed by atoms with E-state index in [0.29, 0.717) is 34.9 Å². The van der Waals surface area contributed by atoms with Gasteiger partial charge in [0.15, 0.2) is 0 Å². The summed E-state index contributed by atoms with van der Waals surface area (Å²) in [7, 11) is 0. The number of ether oxygens (including phenoxy) is 2. The molecule has 0 spiro atoms. The van der Waals surface area contributed by atoms with Crippen molar-refractivity contribution in [3.05, 3.63) is 176 Å². The summed E-state index contributed by atoms with van der Waals surface area (Å²) in [5.41, 5.74) is 8.05. The van der Waals surface area contributed by atoms with Crippen molar-refractivity contribution in [2.24, 2.45) is 5.92 Å². The summed E-state index contributed by atoms with van der Waals surface area (Å²) < 4.78 is 14.7. The van der Waals surface area contributed by atoms with Gasteiger partial charge in [-0.15, -0.1) is 71.8 Å². The SMILES string of the molecule is CC(C)Cc1ccc(-c2cnc(-n3c4[c-]c(Oc5[c-]c(-c6ccccn6)ccc5)ccc4c4ccc(Oc5[c-]c(-c6ccccn6)ccc5)[c-]c43)nc2)cc1.[Pt+2].[Pt+2]. The Bertz CT molecular complexity index is 2620. The van der Waals surface area contributed by atoms with Gasteiger partial charge in [0, 0.05) is 53.3 Å². The molecule has 0 unspecified atom stereocenters. The van der Waals surface area contributed by atoms with E-state index in [0.717, 1.165) is 61.9 Å². The molecule has 4 heterocycles. The van der Waals surface area contributed by atoms with Crippen LogP contribution in [0.3, 0.4) is 0 Å². The predicted octanol–water partition coefficient (Wildman–Crippen LogP) is 11.3. The molecule has 0 saturated heterocycles. The molecule has 4 aromatic heterocycles. The quantitative estimate of drug-likeness (QED) is 0.127. The van der Waals surface area contributed by atoms with Gasteiger partial charge in [0.05, 0.1) is 0 Å². The molecule has 282 valence electrons. The molecular formula is C48H33N5O2Pt2. The van der Waals surface area contributed by atoms with E-state index >= 15 is 0 Å². The molecule has 9 rings (SSSR count). The molecule has 0 atom stereocenters. The van der Waals surface area contributed by atoms with Gasteiger partial charge in [-0.2, -0.15) is 22.9 Å². The molecule has 0 aliphatic carbocycles. The normalized spacial score (nSPS) is 10.9. The number of nitrogens with zero attached hydrogens (tertiary/aromatic N) is 5. The number of rotatable bonds is 10. The Morgan fingerprint density at radius 2 is 1.02 bits per heavy atom. The van der Waals surface area contributed by atoms with Gasteiger partial charge in [0.2, 0.25) is 5.95 Å². The molecule has 0 saturated carbocycles. The molecule has 9 aromatic rings. The second-order valence-corrected chi connectivity index (χ2v) is 13.6. The molecule has 0 fully saturated rings. The zero-order chi connectivity index (χ0) is 37.1. The van der Waals surface area contributed by atoms with E-state index in [2.05, 4.69) is 72.3 Å². The second-order valence-electron chi connectivity index (χ2n) is 13.6. The van der Waals surface area contributed by atoms with Crippen LogP contribution in [0.15, 0.2) is 146 Å². The Hall–Kier alpha value is -5.74. The summed E-state index contributed by atoms with van der Waals surface area (Å²) in [4.78, 5) is 18.7. The average Bonchev–Trinajstić information content (AvgIpc) is 3.54. The van der Waals surface area contributed by atoms with Crippen molar-refractivity contribution in [2.45, 2.75) is 20.3 Å². The summed E-state index contributed by atoms with van der Waals surface area (Å²) >= 11 is 0. The first-order valence-electron chi connectivity index (χ1n) is 18.1. The van der Waals surface area contributed by atoms with Crippen molar-refractivity contribution < 1.29 is 51.6 Å². The van der Waals surface area contributed by atoms with E-state index in [1.54, 1.807) is 12.4 Å². The monoisotopic (exact) mass is 1100 g/mol. The van der Waals surface area contributed by atoms with Crippen LogP contribution in [0.5, 0.6) is 23.0 Å². The zero-order valence-electron chi connectivity index (χ0n) is 30.8. The number of aromatic nitrogens is 5. The first-order chi connectivity index (χ1) is 27.0. The van der Waals surface area contributed by atoms with Crippen molar-refractivity contribution in [3.63, 3.8) is 0 Å². The molecule has 7 nitrogen and oxygen atoms in total. The molecule has 0 radical (unpaired) electrons. The third-order valence-corrected chi connectivity index (χ3v) is 9.16. The van der Waals surface area contributed by atoms with Crippen molar-refractivity contribution in [1.29, 1.82) is 0 Å². The molecule has 57 heavy (non-hydrogen) atoms. The number of fused-ring (bicyclic) bond motifs is 3. The fourth-order valence-corrected chi connectivity index (χ4v) is 6.63. The van der Waals surface area contributed by atoms with E-state index in [1.807, 2.05) is 114 Å². The third-order valence-electron chi connectivity index (χ3n) is 9.16. The molecule has 0 aliphatic heterocycles. The van der Waals surface area contributed by atoms with E-state index in [-0.39, 0.29) is 42.1 Å². The molecule has 0 aliphatic rings. The Kier molecular flexibility index (Phi) is 12.2. The minimum Gasteiger partial charge on any atom is -0.503 e. The largest absolute Gasteiger partial charge is 2.00 e.